The largest absolute Gasteiger partial charge is 0.274 e. The van der Waals surface area contributed by atoms with Gasteiger partial charge in [0.1, 0.15) is 5.82 Å². The van der Waals surface area contributed by atoms with Crippen LogP contribution in [0.4, 0.5) is 0 Å². The molecule has 0 fully saturated rings. The van der Waals surface area contributed by atoms with Gasteiger partial charge in [-0.1, -0.05) is 185 Å². The lowest BCUT2D eigenvalue weighted by atomic mass is 10.0. The molecule has 254 valence electrons. The van der Waals surface area contributed by atoms with E-state index in [4.69, 9.17) is 15.0 Å². The molecule has 0 atom stereocenters. The van der Waals surface area contributed by atoms with Gasteiger partial charge in [-0.15, -0.1) is 0 Å². The van der Waals surface area contributed by atoms with E-state index in [-0.39, 0.29) is 0 Å². The Hall–Kier alpha value is -3.25. The Morgan fingerprint density at radius 3 is 1.27 bits per heavy atom. The Labute approximate surface area is 351 Å². The van der Waals surface area contributed by atoms with Crippen molar-refractivity contribution in [1.29, 1.82) is 0 Å². The first-order chi connectivity index (χ1) is 25.2. The van der Waals surface area contributed by atoms with E-state index in [1.807, 2.05) is 84.9 Å². The molecule has 1 aliphatic rings. The number of hydrogen-bond acceptors (Lipinski definition) is 3. The minimum atomic E-state index is -1.42. The zero-order chi connectivity index (χ0) is 36.0. The second-order valence-corrected chi connectivity index (χ2v) is 17.2. The maximum Gasteiger partial charge on any atom is 0.263 e. The van der Waals surface area contributed by atoms with Crippen molar-refractivity contribution >= 4 is 107 Å². The molecule has 8 rings (SSSR count). The highest BCUT2D eigenvalue weighted by Crippen LogP contribution is 2.52. The predicted molar refractivity (Wildman–Crippen MR) is 234 cm³/mol. The predicted octanol–water partition coefficient (Wildman–Crippen LogP) is 14.1. The van der Waals surface area contributed by atoms with Crippen molar-refractivity contribution in [3.63, 3.8) is 0 Å². The molecular weight excluding hydrogens is 1040 g/mol. The Morgan fingerprint density at radius 1 is 0.442 bits per heavy atom. The lowest BCUT2D eigenvalue weighted by Crippen LogP contribution is -2.32. The van der Waals surface area contributed by atoms with Crippen LogP contribution < -0.4 is 0 Å². The lowest BCUT2D eigenvalue weighted by Gasteiger charge is -2.32. The number of aromatic nitrogens is 2. The van der Waals surface area contributed by atoms with Gasteiger partial charge in [-0.25, -0.2) is 15.0 Å². The summed E-state index contributed by atoms with van der Waals surface area (Å²) in [6, 6.07) is 49.3. The van der Waals surface area contributed by atoms with Crippen molar-refractivity contribution in [3.05, 3.63) is 189 Å². The van der Waals surface area contributed by atoms with Gasteiger partial charge in [0.05, 0.1) is 28.4 Å². The zero-order valence-corrected chi connectivity index (χ0v) is 36.4. The van der Waals surface area contributed by atoms with Crippen molar-refractivity contribution in [2.45, 2.75) is 5.79 Å². The molecule has 0 amide bonds. The van der Waals surface area contributed by atoms with Crippen LogP contribution in [-0.4, -0.2) is 21.0 Å². The van der Waals surface area contributed by atoms with Crippen LogP contribution in [0.15, 0.2) is 182 Å². The molecule has 0 N–H and O–H groups in total. The highest BCUT2D eigenvalue weighted by atomic mass is 79.9. The summed E-state index contributed by atoms with van der Waals surface area (Å²) < 4.78 is 7.36. The first-order valence-corrected chi connectivity index (χ1v) is 20.9. The minimum absolute atomic E-state index is 0.667. The third-order valence-electron chi connectivity index (χ3n) is 8.71. The number of hydrogen-bond donors (Lipinski definition) is 0. The van der Waals surface area contributed by atoms with Crippen molar-refractivity contribution < 1.29 is 0 Å². The molecule has 1 aromatic heterocycles. The molecule has 0 unspecified atom stereocenters. The smallest absolute Gasteiger partial charge is 0.263 e. The Bertz CT molecular complexity index is 2410. The maximum atomic E-state index is 5.82. The molecular formula is C42H24Br6N4. The van der Waals surface area contributed by atoms with Crippen LogP contribution in [-0.2, 0) is 5.79 Å². The molecule has 10 heteroatoms. The fourth-order valence-corrected chi connectivity index (χ4v) is 11.9. The third kappa shape index (κ3) is 6.49. The van der Waals surface area contributed by atoms with E-state index in [0.29, 0.717) is 5.82 Å². The summed E-state index contributed by atoms with van der Waals surface area (Å²) in [5.74, 6) is -0.749. The minimum Gasteiger partial charge on any atom is -0.274 e. The molecule has 0 bridgehead atoms. The molecule has 0 saturated heterocycles. The highest BCUT2D eigenvalue weighted by Gasteiger charge is 2.47. The average molecular weight is 1060 g/mol. The van der Waals surface area contributed by atoms with Gasteiger partial charge in [-0.05, 0) is 56.1 Å². The summed E-state index contributed by atoms with van der Waals surface area (Å²) in [6.07, 6.45) is 0. The fraction of sp³-hybridized carbons (Fsp3) is 0.0238. The van der Waals surface area contributed by atoms with E-state index in [0.717, 1.165) is 83.0 Å². The van der Waals surface area contributed by atoms with Gasteiger partial charge in [0.2, 0.25) is 0 Å². The number of benzene rings is 6. The fourth-order valence-electron chi connectivity index (χ4n) is 6.53. The lowest BCUT2D eigenvalue weighted by molar-refractivity contribution is 0.405. The van der Waals surface area contributed by atoms with Gasteiger partial charge in [-0.3, -0.25) is 4.57 Å². The quantitative estimate of drug-likeness (QED) is 0.157. The number of aliphatic imine (C=N–C) groups is 2. The summed E-state index contributed by atoms with van der Waals surface area (Å²) >= 11 is 23.2. The molecule has 0 radical (unpaired) electrons. The SMILES string of the molecule is Brc1cc(Br)c(-c2nc(-c3ccccc3)c(-c3ccccc3)n2C2(c3c(Br)cc(Br)cc3Br)N=C(c3ccccc3)C(c3ccccc3)=N2)c(Br)c1. The van der Waals surface area contributed by atoms with Crippen LogP contribution in [0.1, 0.15) is 16.7 Å². The van der Waals surface area contributed by atoms with Gasteiger partial charge < -0.3 is 0 Å². The van der Waals surface area contributed by atoms with Crippen molar-refractivity contribution in [2.24, 2.45) is 9.98 Å². The van der Waals surface area contributed by atoms with E-state index in [9.17, 15) is 0 Å². The molecule has 7 aromatic rings. The van der Waals surface area contributed by atoms with E-state index in [1.54, 1.807) is 0 Å². The molecule has 0 saturated carbocycles. The number of halogens is 6. The van der Waals surface area contributed by atoms with Crippen LogP contribution in [0.2, 0.25) is 0 Å². The summed E-state index contributed by atoms with van der Waals surface area (Å²) in [4.78, 5) is 17.2. The van der Waals surface area contributed by atoms with Gasteiger partial charge in [0.25, 0.3) is 5.79 Å². The summed E-state index contributed by atoms with van der Waals surface area (Å²) in [7, 11) is 0. The Kier molecular flexibility index (Phi) is 10.2. The normalized spacial score (nSPS) is 13.6. The molecule has 52 heavy (non-hydrogen) atoms. The molecule has 0 spiro atoms. The maximum absolute atomic E-state index is 5.82. The van der Waals surface area contributed by atoms with E-state index in [2.05, 4.69) is 161 Å². The van der Waals surface area contributed by atoms with Crippen LogP contribution in [0.3, 0.4) is 0 Å². The van der Waals surface area contributed by atoms with Crippen molar-refractivity contribution in [3.8, 4) is 33.9 Å². The monoisotopic (exact) mass is 1060 g/mol. The van der Waals surface area contributed by atoms with Crippen LogP contribution >= 0.6 is 95.6 Å². The van der Waals surface area contributed by atoms with E-state index >= 15 is 0 Å². The second-order valence-electron chi connectivity index (χ2n) is 12.0. The number of imidazole rings is 1. The average Bonchev–Trinajstić information content (AvgIpc) is 3.73. The summed E-state index contributed by atoms with van der Waals surface area (Å²) in [6.45, 7) is 0. The third-order valence-corrected chi connectivity index (χ3v) is 12.1. The molecule has 4 nitrogen and oxygen atoms in total. The van der Waals surface area contributed by atoms with E-state index in [1.165, 1.54) is 0 Å². The van der Waals surface area contributed by atoms with Gasteiger partial charge in [-0.2, -0.15) is 0 Å². The summed E-state index contributed by atoms with van der Waals surface area (Å²) in [5, 5.41) is 0. The molecule has 1 aliphatic heterocycles. The van der Waals surface area contributed by atoms with Gasteiger partial charge in [0, 0.05) is 54.7 Å². The topological polar surface area (TPSA) is 42.5 Å². The van der Waals surface area contributed by atoms with Crippen molar-refractivity contribution in [1.82, 2.24) is 9.55 Å². The van der Waals surface area contributed by atoms with Gasteiger partial charge >= 0.3 is 0 Å². The van der Waals surface area contributed by atoms with Crippen LogP contribution in [0, 0.1) is 0 Å². The Morgan fingerprint density at radius 2 is 0.827 bits per heavy atom. The summed E-state index contributed by atoms with van der Waals surface area (Å²) in [5.41, 5.74) is 8.69. The van der Waals surface area contributed by atoms with Gasteiger partial charge in [0.15, 0.2) is 0 Å². The highest BCUT2D eigenvalue weighted by molar-refractivity contribution is 9.12. The van der Waals surface area contributed by atoms with Crippen LogP contribution in [0.5, 0.6) is 0 Å². The Balaban J connectivity index is 1.63. The molecule has 6 aromatic carbocycles. The first kappa shape index (κ1) is 35.8. The zero-order valence-electron chi connectivity index (χ0n) is 26.9. The second kappa shape index (κ2) is 14.9. The standard InChI is InChI=1S/C42H24Br6N4/c43-29-21-31(45)35(32(46)22-29)41-49-39(27-17-9-3-10-18-27)40(28-19-11-4-12-20-28)52(41)42(36-33(47)23-30(44)24-34(36)48)50-37(25-13-5-1-6-14-25)38(51-42)26-15-7-2-8-16-26/h1-24H. The van der Waals surface area contributed by atoms with E-state index < -0.39 is 5.79 Å². The number of rotatable bonds is 7. The van der Waals surface area contributed by atoms with Crippen LogP contribution in [0.25, 0.3) is 33.9 Å². The van der Waals surface area contributed by atoms with Crippen molar-refractivity contribution in [2.75, 3.05) is 0 Å². The molecule has 0 aliphatic carbocycles. The molecule has 2 heterocycles. The number of nitrogens with zero attached hydrogens (tertiary/aromatic N) is 4. The first-order valence-electron chi connectivity index (χ1n) is 16.1.